The average Bonchev–Trinajstić information content (AvgIpc) is 2.94. The molecule has 23 heavy (non-hydrogen) atoms. The number of nitrogens with zero attached hydrogens (tertiary/aromatic N) is 2. The minimum Gasteiger partial charge on any atom is -0.383 e. The molecule has 5 nitrogen and oxygen atoms in total. The Morgan fingerprint density at radius 1 is 1.39 bits per heavy atom. The zero-order valence-electron chi connectivity index (χ0n) is 13.9. The number of ether oxygens (including phenoxy) is 1. The van der Waals surface area contributed by atoms with Crippen molar-refractivity contribution in [2.24, 2.45) is 10.7 Å². The van der Waals surface area contributed by atoms with Crippen LogP contribution < -0.4 is 11.1 Å². The van der Waals surface area contributed by atoms with Gasteiger partial charge in [0.2, 0.25) is 0 Å². The molecule has 0 aliphatic rings. The molecular formula is C17H24N4OS. The highest BCUT2D eigenvalue weighted by Gasteiger charge is 2.03. The standard InChI is InChI=1S/C17H24N4OS/c1-12(10-22-3)20-17(18)19-9-8-14-4-6-15(7-5-14)16-11-23-13(2)21-16/h4-7,11-12H,8-10H2,1-3H3,(H3,18,19,20). The van der Waals surface area contributed by atoms with Gasteiger partial charge in [-0.05, 0) is 25.8 Å². The summed E-state index contributed by atoms with van der Waals surface area (Å²) in [5.74, 6) is 0.462. The maximum Gasteiger partial charge on any atom is 0.188 e. The number of aliphatic imine (C=N–C) groups is 1. The fourth-order valence-corrected chi connectivity index (χ4v) is 2.86. The third kappa shape index (κ3) is 5.65. The number of aromatic nitrogens is 1. The number of thiazole rings is 1. The highest BCUT2D eigenvalue weighted by molar-refractivity contribution is 7.09. The van der Waals surface area contributed by atoms with E-state index in [1.165, 1.54) is 5.56 Å². The van der Waals surface area contributed by atoms with Gasteiger partial charge >= 0.3 is 0 Å². The summed E-state index contributed by atoms with van der Waals surface area (Å²) in [4.78, 5) is 8.84. The second kappa shape index (κ2) is 8.64. The van der Waals surface area contributed by atoms with Gasteiger partial charge in [-0.1, -0.05) is 24.3 Å². The van der Waals surface area contributed by atoms with E-state index in [-0.39, 0.29) is 6.04 Å². The van der Waals surface area contributed by atoms with Gasteiger partial charge in [-0.3, -0.25) is 4.99 Å². The number of nitrogens with two attached hydrogens (primary N) is 1. The molecule has 6 heteroatoms. The Kier molecular flexibility index (Phi) is 6.55. The van der Waals surface area contributed by atoms with E-state index in [0.717, 1.165) is 22.7 Å². The van der Waals surface area contributed by atoms with Crippen molar-refractivity contribution in [2.45, 2.75) is 26.3 Å². The first-order chi connectivity index (χ1) is 11.1. The molecule has 0 saturated heterocycles. The number of methoxy groups -OCH3 is 1. The van der Waals surface area contributed by atoms with Crippen LogP contribution in [0, 0.1) is 6.92 Å². The number of benzene rings is 1. The van der Waals surface area contributed by atoms with Gasteiger partial charge < -0.3 is 15.8 Å². The second-order valence-electron chi connectivity index (χ2n) is 5.47. The Morgan fingerprint density at radius 2 is 2.13 bits per heavy atom. The maximum atomic E-state index is 5.85. The summed E-state index contributed by atoms with van der Waals surface area (Å²) in [5.41, 5.74) is 9.27. The van der Waals surface area contributed by atoms with Crippen molar-refractivity contribution in [1.82, 2.24) is 10.3 Å². The zero-order valence-corrected chi connectivity index (χ0v) is 14.7. The third-order valence-electron chi connectivity index (χ3n) is 3.36. The predicted molar refractivity (Wildman–Crippen MR) is 97.0 cm³/mol. The molecule has 1 aromatic carbocycles. The molecule has 0 radical (unpaired) electrons. The first kappa shape index (κ1) is 17.4. The van der Waals surface area contributed by atoms with Crippen LogP contribution in [0.5, 0.6) is 0 Å². The van der Waals surface area contributed by atoms with E-state index in [0.29, 0.717) is 19.1 Å². The summed E-state index contributed by atoms with van der Waals surface area (Å²) in [6, 6.07) is 8.61. The van der Waals surface area contributed by atoms with E-state index in [9.17, 15) is 0 Å². The van der Waals surface area contributed by atoms with Gasteiger partial charge in [0.05, 0.1) is 17.3 Å². The van der Waals surface area contributed by atoms with Crippen molar-refractivity contribution < 1.29 is 4.74 Å². The highest BCUT2D eigenvalue weighted by Crippen LogP contribution is 2.21. The van der Waals surface area contributed by atoms with Gasteiger partial charge in [-0.15, -0.1) is 11.3 Å². The quantitative estimate of drug-likeness (QED) is 0.604. The van der Waals surface area contributed by atoms with Crippen LogP contribution in [0.1, 0.15) is 17.5 Å². The van der Waals surface area contributed by atoms with E-state index in [4.69, 9.17) is 10.5 Å². The summed E-state index contributed by atoms with van der Waals surface area (Å²) < 4.78 is 5.05. The van der Waals surface area contributed by atoms with Crippen LogP contribution >= 0.6 is 11.3 Å². The lowest BCUT2D eigenvalue weighted by Crippen LogP contribution is -2.40. The van der Waals surface area contributed by atoms with E-state index < -0.39 is 0 Å². The van der Waals surface area contributed by atoms with Crippen molar-refractivity contribution in [3.8, 4) is 11.3 Å². The highest BCUT2D eigenvalue weighted by atomic mass is 32.1. The van der Waals surface area contributed by atoms with Crippen LogP contribution in [-0.2, 0) is 11.2 Å². The molecule has 2 aromatic rings. The molecule has 0 fully saturated rings. The van der Waals surface area contributed by atoms with E-state index in [2.05, 4.69) is 44.9 Å². The SMILES string of the molecule is COCC(C)NC(N)=NCCc1ccc(-c2csc(C)n2)cc1. The van der Waals surface area contributed by atoms with Crippen molar-refractivity contribution in [3.63, 3.8) is 0 Å². The zero-order chi connectivity index (χ0) is 16.7. The molecule has 3 N–H and O–H groups in total. The normalized spacial score (nSPS) is 13.1. The van der Waals surface area contributed by atoms with Crippen molar-refractivity contribution in [3.05, 3.63) is 40.2 Å². The molecule has 0 bridgehead atoms. The van der Waals surface area contributed by atoms with Crippen molar-refractivity contribution in [2.75, 3.05) is 20.3 Å². The number of guanidine groups is 1. The van der Waals surface area contributed by atoms with Crippen LogP contribution in [-0.4, -0.2) is 37.2 Å². The fourth-order valence-electron chi connectivity index (χ4n) is 2.23. The largest absolute Gasteiger partial charge is 0.383 e. The Hall–Kier alpha value is -1.92. The molecule has 1 atom stereocenters. The Bertz CT molecular complexity index is 636. The Morgan fingerprint density at radius 3 is 2.74 bits per heavy atom. The average molecular weight is 332 g/mol. The molecule has 0 amide bonds. The van der Waals surface area contributed by atoms with Crippen LogP contribution in [0.2, 0.25) is 0 Å². The second-order valence-corrected chi connectivity index (χ2v) is 6.53. The van der Waals surface area contributed by atoms with Crippen LogP contribution in [0.3, 0.4) is 0 Å². The molecule has 0 saturated carbocycles. The molecule has 0 aliphatic carbocycles. The van der Waals surface area contributed by atoms with Crippen molar-refractivity contribution >= 4 is 17.3 Å². The molecular weight excluding hydrogens is 308 g/mol. The van der Waals surface area contributed by atoms with Gasteiger partial charge in [0.1, 0.15) is 0 Å². The fraction of sp³-hybridized carbons (Fsp3) is 0.412. The van der Waals surface area contributed by atoms with Crippen LogP contribution in [0.4, 0.5) is 0 Å². The summed E-state index contributed by atoms with van der Waals surface area (Å²) in [6.07, 6.45) is 0.859. The van der Waals surface area contributed by atoms with E-state index in [1.54, 1.807) is 18.4 Å². The minimum absolute atomic E-state index is 0.157. The third-order valence-corrected chi connectivity index (χ3v) is 4.14. The number of aryl methyl sites for hydroxylation is 1. The van der Waals surface area contributed by atoms with Crippen LogP contribution in [0.15, 0.2) is 34.6 Å². The summed E-state index contributed by atoms with van der Waals surface area (Å²) >= 11 is 1.67. The monoisotopic (exact) mass is 332 g/mol. The first-order valence-electron chi connectivity index (χ1n) is 7.65. The van der Waals surface area contributed by atoms with Gasteiger partial charge in [0.15, 0.2) is 5.96 Å². The lowest BCUT2D eigenvalue weighted by atomic mass is 10.1. The van der Waals surface area contributed by atoms with Crippen LogP contribution in [0.25, 0.3) is 11.3 Å². The van der Waals surface area contributed by atoms with E-state index >= 15 is 0 Å². The number of hydrogen-bond acceptors (Lipinski definition) is 4. The van der Waals surface area contributed by atoms with Gasteiger partial charge in [0, 0.05) is 30.6 Å². The molecule has 1 unspecified atom stereocenters. The summed E-state index contributed by atoms with van der Waals surface area (Å²) in [7, 11) is 1.67. The van der Waals surface area contributed by atoms with Gasteiger partial charge in [-0.2, -0.15) is 0 Å². The Balaban J connectivity index is 1.84. The summed E-state index contributed by atoms with van der Waals surface area (Å²) in [6.45, 7) is 5.29. The smallest absolute Gasteiger partial charge is 0.188 e. The molecule has 2 rings (SSSR count). The molecule has 0 aliphatic heterocycles. The molecule has 0 spiro atoms. The summed E-state index contributed by atoms with van der Waals surface area (Å²) in [5, 5.41) is 6.27. The predicted octanol–water partition coefficient (Wildman–Crippen LogP) is 2.60. The first-order valence-corrected chi connectivity index (χ1v) is 8.53. The topological polar surface area (TPSA) is 72.5 Å². The Labute approximate surface area is 141 Å². The van der Waals surface area contributed by atoms with Crippen molar-refractivity contribution in [1.29, 1.82) is 0 Å². The molecule has 1 aromatic heterocycles. The molecule has 1 heterocycles. The maximum absolute atomic E-state index is 5.85. The van der Waals surface area contributed by atoms with Gasteiger partial charge in [-0.25, -0.2) is 4.98 Å². The molecule has 124 valence electrons. The minimum atomic E-state index is 0.157. The lowest BCUT2D eigenvalue weighted by Gasteiger charge is -2.13. The number of rotatable bonds is 7. The van der Waals surface area contributed by atoms with E-state index in [1.807, 2.05) is 13.8 Å². The number of nitrogens with one attached hydrogen (secondary N) is 1. The lowest BCUT2D eigenvalue weighted by molar-refractivity contribution is 0.179. The number of hydrogen-bond donors (Lipinski definition) is 2. The van der Waals surface area contributed by atoms with Gasteiger partial charge in [0.25, 0.3) is 0 Å².